The Balaban J connectivity index is 1.66. The van der Waals surface area contributed by atoms with Gasteiger partial charge in [0.2, 0.25) is 6.10 Å². The zero-order valence-corrected chi connectivity index (χ0v) is 15.1. The summed E-state index contributed by atoms with van der Waals surface area (Å²) in [6.45, 7) is 1.52. The van der Waals surface area contributed by atoms with Crippen LogP contribution in [0.4, 0.5) is 26.3 Å². The smallest absolute Gasteiger partial charge is 0.423 e. The van der Waals surface area contributed by atoms with Gasteiger partial charge in [-0.15, -0.1) is 0 Å². The first-order valence-electron chi connectivity index (χ1n) is 8.94. The molecule has 2 saturated carbocycles. The number of carbonyl (C=O) groups excluding carboxylic acids is 2. The first kappa shape index (κ1) is 21.2. The molecular formula is C17H20F6O5. The molecule has 6 atom stereocenters. The molecule has 3 aliphatic rings. The molecule has 2 aliphatic carbocycles. The van der Waals surface area contributed by atoms with Crippen molar-refractivity contribution in [3.05, 3.63) is 0 Å². The Bertz CT molecular complexity index is 633. The van der Waals surface area contributed by atoms with E-state index in [2.05, 4.69) is 4.74 Å². The van der Waals surface area contributed by atoms with Crippen LogP contribution in [0.1, 0.15) is 33.1 Å². The number of alkyl halides is 6. The first-order chi connectivity index (χ1) is 12.8. The average Bonchev–Trinajstić information content (AvgIpc) is 3.17. The van der Waals surface area contributed by atoms with Gasteiger partial charge in [-0.05, 0) is 26.2 Å². The minimum atomic E-state index is -5.66. The molecule has 1 saturated heterocycles. The second-order valence-corrected chi connectivity index (χ2v) is 7.96. The van der Waals surface area contributed by atoms with Gasteiger partial charge in [-0.1, -0.05) is 6.92 Å². The lowest BCUT2D eigenvalue weighted by Gasteiger charge is -2.33. The minimum Gasteiger partial charge on any atom is -0.458 e. The highest BCUT2D eigenvalue weighted by Crippen LogP contribution is 2.55. The molecule has 3 fully saturated rings. The summed E-state index contributed by atoms with van der Waals surface area (Å²) in [6, 6.07) is 0. The molecule has 2 bridgehead atoms. The van der Waals surface area contributed by atoms with Gasteiger partial charge in [0.05, 0.1) is 17.9 Å². The van der Waals surface area contributed by atoms with Crippen LogP contribution in [0.2, 0.25) is 0 Å². The van der Waals surface area contributed by atoms with E-state index in [1.54, 1.807) is 0 Å². The number of fused-ring (bicyclic) bond motifs is 1. The van der Waals surface area contributed by atoms with Gasteiger partial charge in [-0.25, -0.2) is 0 Å². The predicted octanol–water partition coefficient (Wildman–Crippen LogP) is 3.41. The molecule has 0 radical (unpaired) electrons. The summed E-state index contributed by atoms with van der Waals surface area (Å²) in [6.07, 6.45) is -15.6. The maximum atomic E-state index is 12.7. The first-order valence-corrected chi connectivity index (χ1v) is 8.94. The monoisotopic (exact) mass is 418 g/mol. The van der Waals surface area contributed by atoms with Gasteiger partial charge >= 0.3 is 24.3 Å². The number of ether oxygens (including phenoxy) is 3. The molecule has 6 unspecified atom stereocenters. The summed E-state index contributed by atoms with van der Waals surface area (Å²) < 4.78 is 90.7. The summed E-state index contributed by atoms with van der Waals surface area (Å²) in [5.41, 5.74) is -1.71. The molecule has 5 nitrogen and oxygen atoms in total. The van der Waals surface area contributed by atoms with Crippen molar-refractivity contribution in [1.29, 1.82) is 0 Å². The van der Waals surface area contributed by atoms with E-state index in [1.165, 1.54) is 13.8 Å². The van der Waals surface area contributed by atoms with Gasteiger partial charge in [0.15, 0.2) is 0 Å². The topological polar surface area (TPSA) is 61.8 Å². The predicted molar refractivity (Wildman–Crippen MR) is 79.7 cm³/mol. The standard InChI is InChI=1S/C17H20F6O5/c1-3-15(2,6-26-13(16(18,19)20)17(21,22)23)14(25)28-10-7-4-8-9(5-7)12(24)27-11(8)10/h7-11,13H,3-6H2,1-2H3. The van der Waals surface area contributed by atoms with Gasteiger partial charge < -0.3 is 14.2 Å². The molecule has 1 heterocycles. The van der Waals surface area contributed by atoms with Crippen LogP contribution in [0.3, 0.4) is 0 Å². The van der Waals surface area contributed by atoms with E-state index >= 15 is 0 Å². The van der Waals surface area contributed by atoms with Gasteiger partial charge in [-0.3, -0.25) is 9.59 Å². The highest BCUT2D eigenvalue weighted by atomic mass is 19.4. The van der Waals surface area contributed by atoms with Gasteiger partial charge in [-0.2, -0.15) is 26.3 Å². The zero-order valence-electron chi connectivity index (χ0n) is 15.1. The number of halogens is 6. The third-order valence-electron chi connectivity index (χ3n) is 6.09. The van der Waals surface area contributed by atoms with Crippen LogP contribution in [-0.4, -0.2) is 49.2 Å². The lowest BCUT2D eigenvalue weighted by atomic mass is 9.86. The maximum absolute atomic E-state index is 12.7. The summed E-state index contributed by atoms with van der Waals surface area (Å²) in [5, 5.41) is 0. The number of hydrogen-bond acceptors (Lipinski definition) is 5. The van der Waals surface area contributed by atoms with Gasteiger partial charge in [0.25, 0.3) is 0 Å². The van der Waals surface area contributed by atoms with Crippen LogP contribution in [0.25, 0.3) is 0 Å². The van der Waals surface area contributed by atoms with Crippen molar-refractivity contribution in [2.75, 3.05) is 6.61 Å². The third kappa shape index (κ3) is 3.57. The normalized spacial score (nSPS) is 33.9. The molecule has 1 aliphatic heterocycles. The van der Waals surface area contributed by atoms with Crippen molar-refractivity contribution in [2.24, 2.45) is 23.2 Å². The van der Waals surface area contributed by atoms with E-state index < -0.39 is 48.7 Å². The van der Waals surface area contributed by atoms with E-state index in [0.717, 1.165) is 0 Å². The van der Waals surface area contributed by atoms with Crippen molar-refractivity contribution >= 4 is 11.9 Å². The number of rotatable bonds is 6. The average molecular weight is 418 g/mol. The molecule has 3 rings (SSSR count). The van der Waals surface area contributed by atoms with Crippen molar-refractivity contribution in [3.8, 4) is 0 Å². The minimum absolute atomic E-state index is 0.0562. The summed E-state index contributed by atoms with van der Waals surface area (Å²) in [5.74, 6) is -1.69. The van der Waals surface area contributed by atoms with Crippen LogP contribution >= 0.6 is 0 Å². The van der Waals surface area contributed by atoms with E-state index in [4.69, 9.17) is 9.47 Å². The molecule has 0 spiro atoms. The Morgan fingerprint density at radius 1 is 1.18 bits per heavy atom. The Kier molecular flexibility index (Phi) is 5.13. The maximum Gasteiger partial charge on any atom is 0.423 e. The van der Waals surface area contributed by atoms with Crippen molar-refractivity contribution < 1.29 is 50.1 Å². The number of esters is 2. The summed E-state index contributed by atoms with van der Waals surface area (Å²) in [4.78, 5) is 24.3. The lowest BCUT2D eigenvalue weighted by Crippen LogP contribution is -2.48. The van der Waals surface area contributed by atoms with Gasteiger partial charge in [0, 0.05) is 11.8 Å². The second kappa shape index (κ2) is 6.77. The SMILES string of the molecule is CCC(C)(COC(C(F)(F)F)C(F)(F)F)C(=O)OC1C2CC3C(=O)OC1C3C2. The highest BCUT2D eigenvalue weighted by Gasteiger charge is 2.64. The van der Waals surface area contributed by atoms with E-state index in [-0.39, 0.29) is 30.1 Å². The van der Waals surface area contributed by atoms with Crippen LogP contribution in [0.5, 0.6) is 0 Å². The second-order valence-electron chi connectivity index (χ2n) is 7.96. The van der Waals surface area contributed by atoms with Crippen molar-refractivity contribution in [1.82, 2.24) is 0 Å². The lowest BCUT2D eigenvalue weighted by molar-refractivity contribution is -0.325. The fourth-order valence-electron chi connectivity index (χ4n) is 4.28. The van der Waals surface area contributed by atoms with E-state index in [0.29, 0.717) is 12.8 Å². The Morgan fingerprint density at radius 2 is 1.79 bits per heavy atom. The largest absolute Gasteiger partial charge is 0.458 e. The number of hydrogen-bond donors (Lipinski definition) is 0. The number of carbonyl (C=O) groups is 2. The van der Waals surface area contributed by atoms with Crippen LogP contribution in [0, 0.1) is 23.2 Å². The third-order valence-corrected chi connectivity index (χ3v) is 6.09. The van der Waals surface area contributed by atoms with E-state index in [9.17, 15) is 35.9 Å². The quantitative estimate of drug-likeness (QED) is 0.489. The fraction of sp³-hybridized carbons (Fsp3) is 0.882. The highest BCUT2D eigenvalue weighted by molar-refractivity contribution is 5.78. The molecule has 11 heteroatoms. The molecule has 0 amide bonds. The van der Waals surface area contributed by atoms with Crippen LogP contribution in [-0.2, 0) is 23.8 Å². The molecule has 0 aromatic rings. The van der Waals surface area contributed by atoms with Crippen molar-refractivity contribution in [3.63, 3.8) is 0 Å². The molecule has 0 aromatic heterocycles. The van der Waals surface area contributed by atoms with Crippen LogP contribution in [0.15, 0.2) is 0 Å². The Labute approximate surface area is 156 Å². The molecular weight excluding hydrogens is 398 g/mol. The Hall–Kier alpha value is -1.52. The summed E-state index contributed by atoms with van der Waals surface area (Å²) in [7, 11) is 0. The van der Waals surface area contributed by atoms with E-state index in [1.807, 2.05) is 0 Å². The van der Waals surface area contributed by atoms with Crippen molar-refractivity contribution in [2.45, 2.75) is 63.8 Å². The fourth-order valence-corrected chi connectivity index (χ4v) is 4.28. The molecule has 160 valence electrons. The molecule has 0 N–H and O–H groups in total. The zero-order chi connectivity index (χ0) is 21.1. The summed E-state index contributed by atoms with van der Waals surface area (Å²) >= 11 is 0. The van der Waals surface area contributed by atoms with Gasteiger partial charge in [0.1, 0.15) is 12.2 Å². The Morgan fingerprint density at radius 3 is 2.32 bits per heavy atom. The van der Waals surface area contributed by atoms with Crippen LogP contribution < -0.4 is 0 Å². The molecule has 0 aromatic carbocycles. The molecule has 28 heavy (non-hydrogen) atoms.